The van der Waals surface area contributed by atoms with Crippen molar-refractivity contribution in [3.63, 3.8) is 0 Å². The van der Waals surface area contributed by atoms with E-state index >= 15 is 0 Å². The van der Waals surface area contributed by atoms with Gasteiger partial charge < -0.3 is 15.0 Å². The van der Waals surface area contributed by atoms with Crippen LogP contribution in [-0.4, -0.2) is 43.1 Å². The van der Waals surface area contributed by atoms with Gasteiger partial charge in [0.25, 0.3) is 5.91 Å². The highest BCUT2D eigenvalue weighted by atomic mass is 16.5. The SMILES string of the molecule is CNC1CCN(C(=O)C2Cc3ccccc3O2)CC1C. The third kappa shape index (κ3) is 2.40. The lowest BCUT2D eigenvalue weighted by Crippen LogP contribution is -2.52. The number of rotatable bonds is 2. The second-order valence-electron chi connectivity index (χ2n) is 5.86. The van der Waals surface area contributed by atoms with E-state index in [1.54, 1.807) is 0 Å². The van der Waals surface area contributed by atoms with Gasteiger partial charge in [-0.15, -0.1) is 0 Å². The molecule has 2 heterocycles. The van der Waals surface area contributed by atoms with Gasteiger partial charge in [0.15, 0.2) is 6.10 Å². The molecule has 0 aliphatic carbocycles. The van der Waals surface area contributed by atoms with Crippen molar-refractivity contribution in [3.05, 3.63) is 29.8 Å². The summed E-state index contributed by atoms with van der Waals surface area (Å²) in [4.78, 5) is 14.6. The highest BCUT2D eigenvalue weighted by Crippen LogP contribution is 2.29. The van der Waals surface area contributed by atoms with Crippen LogP contribution in [0.4, 0.5) is 0 Å². The number of amides is 1. The molecule has 4 nitrogen and oxygen atoms in total. The fraction of sp³-hybridized carbons (Fsp3) is 0.562. The van der Waals surface area contributed by atoms with Crippen LogP contribution in [-0.2, 0) is 11.2 Å². The van der Waals surface area contributed by atoms with E-state index in [1.807, 2.05) is 36.2 Å². The van der Waals surface area contributed by atoms with Gasteiger partial charge in [-0.1, -0.05) is 25.1 Å². The van der Waals surface area contributed by atoms with E-state index in [1.165, 1.54) is 0 Å². The number of hydrogen-bond donors (Lipinski definition) is 1. The average Bonchev–Trinajstić information content (AvgIpc) is 2.90. The van der Waals surface area contributed by atoms with Crippen molar-refractivity contribution < 1.29 is 9.53 Å². The predicted octanol–water partition coefficient (Wildman–Crippen LogP) is 1.45. The van der Waals surface area contributed by atoms with Gasteiger partial charge in [-0.05, 0) is 31.0 Å². The number of piperidine rings is 1. The highest BCUT2D eigenvalue weighted by Gasteiger charge is 2.35. The van der Waals surface area contributed by atoms with Crippen LogP contribution in [0.1, 0.15) is 18.9 Å². The minimum atomic E-state index is -0.328. The summed E-state index contributed by atoms with van der Waals surface area (Å²) in [6, 6.07) is 8.44. The molecule has 0 aromatic heterocycles. The molecule has 1 fully saturated rings. The fourth-order valence-electron chi connectivity index (χ4n) is 3.30. The van der Waals surface area contributed by atoms with Crippen molar-refractivity contribution in [3.8, 4) is 5.75 Å². The maximum Gasteiger partial charge on any atom is 0.264 e. The van der Waals surface area contributed by atoms with Crippen molar-refractivity contribution in [2.75, 3.05) is 20.1 Å². The summed E-state index contributed by atoms with van der Waals surface area (Å²) in [5.41, 5.74) is 1.14. The molecule has 3 atom stereocenters. The van der Waals surface area contributed by atoms with E-state index in [2.05, 4.69) is 12.2 Å². The Labute approximate surface area is 120 Å². The summed E-state index contributed by atoms with van der Waals surface area (Å²) in [5, 5.41) is 3.33. The van der Waals surface area contributed by atoms with Gasteiger partial charge in [0.1, 0.15) is 5.75 Å². The Morgan fingerprint density at radius 2 is 2.20 bits per heavy atom. The maximum absolute atomic E-state index is 12.6. The molecular formula is C16H22N2O2. The number of hydrogen-bond acceptors (Lipinski definition) is 3. The number of carbonyl (C=O) groups excluding carboxylic acids is 1. The highest BCUT2D eigenvalue weighted by molar-refractivity contribution is 5.82. The first kappa shape index (κ1) is 13.4. The molecule has 0 radical (unpaired) electrons. The van der Waals surface area contributed by atoms with Gasteiger partial charge in [-0.25, -0.2) is 0 Å². The number of fused-ring (bicyclic) bond motifs is 1. The zero-order chi connectivity index (χ0) is 14.1. The van der Waals surface area contributed by atoms with E-state index in [0.717, 1.165) is 30.8 Å². The third-order valence-corrected chi connectivity index (χ3v) is 4.51. The summed E-state index contributed by atoms with van der Waals surface area (Å²) < 4.78 is 5.80. The third-order valence-electron chi connectivity index (χ3n) is 4.51. The maximum atomic E-state index is 12.6. The fourth-order valence-corrected chi connectivity index (χ4v) is 3.30. The van der Waals surface area contributed by atoms with Crippen LogP contribution in [0.15, 0.2) is 24.3 Å². The second-order valence-corrected chi connectivity index (χ2v) is 5.86. The predicted molar refractivity (Wildman–Crippen MR) is 77.8 cm³/mol. The lowest BCUT2D eigenvalue weighted by Gasteiger charge is -2.37. The zero-order valence-electron chi connectivity index (χ0n) is 12.1. The van der Waals surface area contributed by atoms with Crippen LogP contribution in [0, 0.1) is 5.92 Å². The summed E-state index contributed by atoms with van der Waals surface area (Å²) in [6.45, 7) is 3.84. The normalized spacial score (nSPS) is 28.9. The molecular weight excluding hydrogens is 252 g/mol. The molecule has 0 spiro atoms. The largest absolute Gasteiger partial charge is 0.480 e. The lowest BCUT2D eigenvalue weighted by atomic mass is 9.93. The number of para-hydroxylation sites is 1. The molecule has 3 unspecified atom stereocenters. The molecule has 0 bridgehead atoms. The van der Waals surface area contributed by atoms with Crippen LogP contribution in [0.3, 0.4) is 0 Å². The molecule has 3 rings (SSSR count). The van der Waals surface area contributed by atoms with Crippen molar-refractivity contribution in [1.29, 1.82) is 0 Å². The number of likely N-dealkylation sites (tertiary alicyclic amines) is 1. The quantitative estimate of drug-likeness (QED) is 0.887. The molecule has 108 valence electrons. The van der Waals surface area contributed by atoms with Crippen LogP contribution >= 0.6 is 0 Å². The summed E-state index contributed by atoms with van der Waals surface area (Å²) in [6.07, 6.45) is 1.39. The van der Waals surface area contributed by atoms with Gasteiger partial charge in [-0.2, -0.15) is 0 Å². The van der Waals surface area contributed by atoms with Crippen molar-refractivity contribution in [2.24, 2.45) is 5.92 Å². The topological polar surface area (TPSA) is 41.6 Å². The molecule has 0 saturated carbocycles. The Morgan fingerprint density at radius 1 is 1.40 bits per heavy atom. The minimum absolute atomic E-state index is 0.141. The standard InChI is InChI=1S/C16H22N2O2/c1-11-10-18(8-7-13(11)17-2)16(19)15-9-12-5-3-4-6-14(12)20-15/h3-6,11,13,15,17H,7-10H2,1-2H3. The van der Waals surface area contributed by atoms with Gasteiger partial charge in [0.2, 0.25) is 0 Å². The van der Waals surface area contributed by atoms with Crippen LogP contribution in [0.5, 0.6) is 5.75 Å². The summed E-state index contributed by atoms with van der Waals surface area (Å²) in [7, 11) is 2.00. The smallest absolute Gasteiger partial charge is 0.264 e. The Morgan fingerprint density at radius 3 is 2.90 bits per heavy atom. The average molecular weight is 274 g/mol. The number of nitrogens with one attached hydrogen (secondary N) is 1. The summed E-state index contributed by atoms with van der Waals surface area (Å²) >= 11 is 0. The van der Waals surface area contributed by atoms with Crippen LogP contribution in [0.25, 0.3) is 0 Å². The van der Waals surface area contributed by atoms with Crippen molar-refractivity contribution in [2.45, 2.75) is 31.9 Å². The molecule has 1 saturated heterocycles. The Hall–Kier alpha value is -1.55. The molecule has 2 aliphatic rings. The van der Waals surface area contributed by atoms with E-state index < -0.39 is 0 Å². The van der Waals surface area contributed by atoms with Crippen LogP contribution in [0.2, 0.25) is 0 Å². The van der Waals surface area contributed by atoms with Crippen LogP contribution < -0.4 is 10.1 Å². The minimum Gasteiger partial charge on any atom is -0.480 e. The van der Waals surface area contributed by atoms with Gasteiger partial charge in [0.05, 0.1) is 0 Å². The molecule has 2 aliphatic heterocycles. The monoisotopic (exact) mass is 274 g/mol. The molecule has 1 aromatic carbocycles. The van der Waals surface area contributed by atoms with Crippen molar-refractivity contribution in [1.82, 2.24) is 10.2 Å². The van der Waals surface area contributed by atoms with E-state index in [9.17, 15) is 4.79 Å². The lowest BCUT2D eigenvalue weighted by molar-refractivity contribution is -0.140. The number of ether oxygens (including phenoxy) is 1. The van der Waals surface area contributed by atoms with Crippen molar-refractivity contribution >= 4 is 5.91 Å². The Bertz CT molecular complexity index is 478. The first-order valence-electron chi connectivity index (χ1n) is 7.39. The second kappa shape index (κ2) is 5.44. The first-order chi connectivity index (χ1) is 9.69. The van der Waals surface area contributed by atoms with Gasteiger partial charge in [-0.3, -0.25) is 4.79 Å². The zero-order valence-corrected chi connectivity index (χ0v) is 12.1. The summed E-state index contributed by atoms with van der Waals surface area (Å²) in [5.74, 6) is 1.49. The van der Waals surface area contributed by atoms with E-state index in [4.69, 9.17) is 4.74 Å². The molecule has 1 aromatic rings. The molecule has 1 N–H and O–H groups in total. The van der Waals surface area contributed by atoms with Gasteiger partial charge in [0, 0.05) is 25.6 Å². The first-order valence-corrected chi connectivity index (χ1v) is 7.39. The molecule has 20 heavy (non-hydrogen) atoms. The molecule has 4 heteroatoms. The Kier molecular flexibility index (Phi) is 3.66. The number of carbonyl (C=O) groups is 1. The molecule has 1 amide bonds. The number of benzene rings is 1. The van der Waals surface area contributed by atoms with E-state index in [-0.39, 0.29) is 12.0 Å². The van der Waals surface area contributed by atoms with Gasteiger partial charge >= 0.3 is 0 Å². The Balaban J connectivity index is 1.64. The number of nitrogens with zero attached hydrogens (tertiary/aromatic N) is 1. The van der Waals surface area contributed by atoms with E-state index in [0.29, 0.717) is 18.4 Å².